The molecule has 0 bridgehead atoms. The maximum Gasteiger partial charge on any atom is 0.0125 e. The highest BCUT2D eigenvalue weighted by molar-refractivity contribution is 4.88. The highest BCUT2D eigenvalue weighted by Crippen LogP contribution is 2.29. The van der Waals surface area contributed by atoms with Gasteiger partial charge >= 0.3 is 0 Å². The van der Waals surface area contributed by atoms with Gasteiger partial charge in [0, 0.05) is 31.2 Å². The predicted molar refractivity (Wildman–Crippen MR) is 65.1 cm³/mol. The summed E-state index contributed by atoms with van der Waals surface area (Å²) < 4.78 is 0. The second-order valence-corrected chi connectivity index (χ2v) is 6.39. The summed E-state index contributed by atoms with van der Waals surface area (Å²) in [6, 6.07) is 0.829. The zero-order valence-electron chi connectivity index (χ0n) is 10.8. The Balaban J connectivity index is 1.77. The molecule has 0 amide bonds. The van der Waals surface area contributed by atoms with E-state index in [1.165, 1.54) is 39.0 Å². The van der Waals surface area contributed by atoms with Gasteiger partial charge < -0.3 is 0 Å². The van der Waals surface area contributed by atoms with Crippen molar-refractivity contribution in [1.29, 1.82) is 0 Å². The molecule has 2 nitrogen and oxygen atoms in total. The number of hydrogen-bond donors (Lipinski definition) is 0. The van der Waals surface area contributed by atoms with Crippen molar-refractivity contribution < 1.29 is 0 Å². The van der Waals surface area contributed by atoms with Crippen molar-refractivity contribution in [3.8, 4) is 0 Å². The van der Waals surface area contributed by atoms with Gasteiger partial charge in [0.1, 0.15) is 0 Å². The van der Waals surface area contributed by atoms with Crippen LogP contribution in [0.5, 0.6) is 0 Å². The van der Waals surface area contributed by atoms with Gasteiger partial charge in [0.05, 0.1) is 0 Å². The third-order valence-electron chi connectivity index (χ3n) is 4.01. The number of nitrogens with zero attached hydrogens (tertiary/aromatic N) is 2. The fraction of sp³-hybridized carbons (Fsp3) is 1.00. The van der Waals surface area contributed by atoms with Crippen LogP contribution in [0.4, 0.5) is 0 Å². The van der Waals surface area contributed by atoms with Crippen LogP contribution in [-0.4, -0.2) is 47.6 Å². The van der Waals surface area contributed by atoms with Crippen LogP contribution in [0.3, 0.4) is 0 Å². The molecule has 2 atom stereocenters. The van der Waals surface area contributed by atoms with E-state index >= 15 is 0 Å². The standard InChI is InChI=1S/C13H26N2/c1-11(14-7-8-14)9-12-5-6-15(10-12)13(2,3)4/h11-12H,5-10H2,1-4H3. The van der Waals surface area contributed by atoms with Gasteiger partial charge in [-0.3, -0.25) is 9.80 Å². The van der Waals surface area contributed by atoms with E-state index in [1.54, 1.807) is 0 Å². The van der Waals surface area contributed by atoms with Crippen LogP contribution in [0.15, 0.2) is 0 Å². The third-order valence-corrected chi connectivity index (χ3v) is 4.01. The molecular weight excluding hydrogens is 184 g/mol. The lowest BCUT2D eigenvalue weighted by Gasteiger charge is -2.32. The smallest absolute Gasteiger partial charge is 0.0125 e. The highest BCUT2D eigenvalue weighted by Gasteiger charge is 2.33. The maximum atomic E-state index is 2.65. The molecule has 88 valence electrons. The summed E-state index contributed by atoms with van der Waals surface area (Å²) in [5, 5.41) is 0. The van der Waals surface area contributed by atoms with Gasteiger partial charge in [-0.15, -0.1) is 0 Å². The molecule has 0 aliphatic carbocycles. The Kier molecular flexibility index (Phi) is 3.09. The zero-order valence-corrected chi connectivity index (χ0v) is 10.8. The number of likely N-dealkylation sites (tertiary alicyclic amines) is 1. The minimum Gasteiger partial charge on any atom is -0.298 e. The highest BCUT2D eigenvalue weighted by atomic mass is 15.3. The molecule has 2 rings (SSSR count). The van der Waals surface area contributed by atoms with Crippen molar-refractivity contribution in [2.45, 2.75) is 52.1 Å². The van der Waals surface area contributed by atoms with Crippen molar-refractivity contribution in [2.75, 3.05) is 26.2 Å². The minimum absolute atomic E-state index is 0.373. The Bertz CT molecular complexity index is 215. The molecule has 2 saturated heterocycles. The van der Waals surface area contributed by atoms with Crippen LogP contribution in [0.25, 0.3) is 0 Å². The zero-order chi connectivity index (χ0) is 11.1. The second-order valence-electron chi connectivity index (χ2n) is 6.39. The van der Waals surface area contributed by atoms with E-state index in [1.807, 2.05) is 0 Å². The number of rotatable bonds is 3. The van der Waals surface area contributed by atoms with Crippen LogP contribution < -0.4 is 0 Å². The first kappa shape index (κ1) is 11.4. The van der Waals surface area contributed by atoms with E-state index in [0.717, 1.165) is 12.0 Å². The fourth-order valence-electron chi connectivity index (χ4n) is 2.76. The van der Waals surface area contributed by atoms with Gasteiger partial charge in [0.2, 0.25) is 0 Å². The average molecular weight is 210 g/mol. The predicted octanol–water partition coefficient (Wildman–Crippen LogP) is 2.20. The Morgan fingerprint density at radius 2 is 1.87 bits per heavy atom. The quantitative estimate of drug-likeness (QED) is 0.659. The van der Waals surface area contributed by atoms with E-state index in [-0.39, 0.29) is 0 Å². The lowest BCUT2D eigenvalue weighted by atomic mass is 10.00. The largest absolute Gasteiger partial charge is 0.298 e. The molecule has 0 spiro atoms. The molecule has 2 heteroatoms. The van der Waals surface area contributed by atoms with Gasteiger partial charge in [0.25, 0.3) is 0 Å². The molecule has 0 N–H and O–H groups in total. The molecule has 2 unspecified atom stereocenters. The van der Waals surface area contributed by atoms with Crippen molar-refractivity contribution in [3.63, 3.8) is 0 Å². The summed E-state index contributed by atoms with van der Waals surface area (Å²) in [6.45, 7) is 14.7. The summed E-state index contributed by atoms with van der Waals surface area (Å²) >= 11 is 0. The second kappa shape index (κ2) is 4.06. The lowest BCUT2D eigenvalue weighted by molar-refractivity contribution is 0.165. The molecule has 0 aromatic carbocycles. The van der Waals surface area contributed by atoms with E-state index in [2.05, 4.69) is 37.5 Å². The van der Waals surface area contributed by atoms with Gasteiger partial charge in [-0.1, -0.05) is 0 Å². The summed E-state index contributed by atoms with van der Waals surface area (Å²) in [4.78, 5) is 5.23. The van der Waals surface area contributed by atoms with E-state index in [0.29, 0.717) is 5.54 Å². The van der Waals surface area contributed by atoms with Crippen molar-refractivity contribution >= 4 is 0 Å². The fourth-order valence-corrected chi connectivity index (χ4v) is 2.76. The average Bonchev–Trinajstić information content (AvgIpc) is 2.86. The van der Waals surface area contributed by atoms with Crippen LogP contribution >= 0.6 is 0 Å². The van der Waals surface area contributed by atoms with Crippen molar-refractivity contribution in [3.05, 3.63) is 0 Å². The van der Waals surface area contributed by atoms with Crippen molar-refractivity contribution in [2.24, 2.45) is 5.92 Å². The van der Waals surface area contributed by atoms with Gasteiger partial charge in [-0.2, -0.15) is 0 Å². The molecule has 0 saturated carbocycles. The van der Waals surface area contributed by atoms with Gasteiger partial charge in [-0.25, -0.2) is 0 Å². The maximum absolute atomic E-state index is 2.65. The molecule has 0 aromatic heterocycles. The SMILES string of the molecule is CC(CC1CCN(C(C)(C)C)C1)N1CC1. The Labute approximate surface area is 94.6 Å². The molecule has 0 aromatic rings. The van der Waals surface area contributed by atoms with Crippen LogP contribution in [0.2, 0.25) is 0 Å². The van der Waals surface area contributed by atoms with E-state index < -0.39 is 0 Å². The summed E-state index contributed by atoms with van der Waals surface area (Å²) in [5.74, 6) is 0.944. The number of hydrogen-bond acceptors (Lipinski definition) is 2. The Morgan fingerprint density at radius 1 is 1.20 bits per heavy atom. The molecule has 2 aliphatic heterocycles. The summed E-state index contributed by atoms with van der Waals surface area (Å²) in [5.41, 5.74) is 0.373. The molecule has 2 fully saturated rings. The first-order valence-electron chi connectivity index (χ1n) is 6.46. The first-order valence-corrected chi connectivity index (χ1v) is 6.46. The van der Waals surface area contributed by atoms with Crippen LogP contribution in [-0.2, 0) is 0 Å². The third kappa shape index (κ3) is 2.94. The molecule has 2 aliphatic rings. The van der Waals surface area contributed by atoms with Gasteiger partial charge in [0.15, 0.2) is 0 Å². The van der Waals surface area contributed by atoms with E-state index in [9.17, 15) is 0 Å². The minimum atomic E-state index is 0.373. The first-order chi connectivity index (χ1) is 6.97. The molecular formula is C13H26N2. The normalized spacial score (nSPS) is 30.8. The van der Waals surface area contributed by atoms with Crippen LogP contribution in [0.1, 0.15) is 40.5 Å². The molecule has 2 heterocycles. The topological polar surface area (TPSA) is 6.25 Å². The van der Waals surface area contributed by atoms with Crippen LogP contribution in [0, 0.1) is 5.92 Å². The monoisotopic (exact) mass is 210 g/mol. The van der Waals surface area contributed by atoms with Crippen molar-refractivity contribution in [1.82, 2.24) is 9.80 Å². The Morgan fingerprint density at radius 3 is 2.33 bits per heavy atom. The molecule has 0 radical (unpaired) electrons. The summed E-state index contributed by atoms with van der Waals surface area (Å²) in [6.07, 6.45) is 2.82. The van der Waals surface area contributed by atoms with E-state index in [4.69, 9.17) is 0 Å². The summed E-state index contributed by atoms with van der Waals surface area (Å²) in [7, 11) is 0. The molecule has 15 heavy (non-hydrogen) atoms. The lowest BCUT2D eigenvalue weighted by Crippen LogP contribution is -2.39. The van der Waals surface area contributed by atoms with Gasteiger partial charge in [-0.05, 0) is 53.0 Å². The Hall–Kier alpha value is -0.0800.